The molecule has 1 aromatic heterocycles. The van der Waals surface area contributed by atoms with Gasteiger partial charge < -0.3 is 10.4 Å². The summed E-state index contributed by atoms with van der Waals surface area (Å²) in [6.07, 6.45) is 3.75. The zero-order valence-corrected chi connectivity index (χ0v) is 10.5. The van der Waals surface area contributed by atoms with Crippen LogP contribution in [0.2, 0.25) is 0 Å². The predicted octanol–water partition coefficient (Wildman–Crippen LogP) is 0.744. The number of nitrogens with zero attached hydrogens (tertiary/aromatic N) is 2. The minimum Gasteiger partial charge on any atom is -0.477 e. The molecule has 0 amide bonds. The van der Waals surface area contributed by atoms with E-state index in [1.54, 1.807) is 6.26 Å². The zero-order chi connectivity index (χ0) is 12.8. The summed E-state index contributed by atoms with van der Waals surface area (Å²) >= 11 is 0. The molecule has 94 valence electrons. The van der Waals surface area contributed by atoms with Crippen molar-refractivity contribution in [2.45, 2.75) is 19.4 Å². The quantitative estimate of drug-likeness (QED) is 0.781. The molecule has 0 saturated carbocycles. The fourth-order valence-electron chi connectivity index (χ4n) is 1.18. The highest BCUT2D eigenvalue weighted by molar-refractivity contribution is 7.84. The van der Waals surface area contributed by atoms with Gasteiger partial charge in [-0.05, 0) is 19.4 Å². The summed E-state index contributed by atoms with van der Waals surface area (Å²) in [5.74, 6) is -0.218. The number of aromatic nitrogens is 2. The molecule has 0 fully saturated rings. The normalized spacial score (nSPS) is 14.0. The first kappa shape index (κ1) is 13.6. The lowest BCUT2D eigenvalue weighted by Crippen LogP contribution is -2.20. The van der Waals surface area contributed by atoms with Crippen molar-refractivity contribution >= 4 is 22.7 Å². The number of hydrogen-bond donors (Lipinski definition) is 2. The van der Waals surface area contributed by atoms with Crippen LogP contribution in [0.5, 0.6) is 0 Å². The van der Waals surface area contributed by atoms with Gasteiger partial charge in [0.1, 0.15) is 0 Å². The summed E-state index contributed by atoms with van der Waals surface area (Å²) in [7, 11) is -0.831. The molecule has 0 radical (unpaired) electrons. The largest absolute Gasteiger partial charge is 0.477 e. The molecule has 0 aliphatic heterocycles. The molecule has 1 aromatic rings. The van der Waals surface area contributed by atoms with Crippen LogP contribution in [0.15, 0.2) is 12.3 Å². The van der Waals surface area contributed by atoms with Gasteiger partial charge in [0.2, 0.25) is 5.95 Å². The highest BCUT2D eigenvalue weighted by Crippen LogP contribution is 2.04. The summed E-state index contributed by atoms with van der Waals surface area (Å²) in [5.41, 5.74) is -0.0474. The molecule has 0 aliphatic rings. The summed E-state index contributed by atoms with van der Waals surface area (Å²) in [6.45, 7) is 1.91. The Kier molecular flexibility index (Phi) is 5.02. The predicted molar refractivity (Wildman–Crippen MR) is 65.6 cm³/mol. The Bertz CT molecular complexity index is 425. The summed E-state index contributed by atoms with van der Waals surface area (Å²) in [5, 5.41) is 11.7. The smallest absolute Gasteiger partial charge is 0.354 e. The molecule has 2 N–H and O–H groups in total. The van der Waals surface area contributed by atoms with Crippen molar-refractivity contribution in [3.8, 4) is 0 Å². The van der Waals surface area contributed by atoms with E-state index in [9.17, 15) is 9.00 Å². The van der Waals surface area contributed by atoms with Gasteiger partial charge in [-0.1, -0.05) is 0 Å². The van der Waals surface area contributed by atoms with Crippen molar-refractivity contribution in [2.75, 3.05) is 17.3 Å². The minimum absolute atomic E-state index is 0.0444. The third-order valence-electron chi connectivity index (χ3n) is 2.09. The Morgan fingerprint density at radius 2 is 2.35 bits per heavy atom. The Balaban J connectivity index is 2.58. The van der Waals surface area contributed by atoms with Crippen LogP contribution in [-0.4, -0.2) is 43.3 Å². The fourth-order valence-corrected chi connectivity index (χ4v) is 1.87. The number of carboxylic acid groups (broad SMARTS) is 1. The van der Waals surface area contributed by atoms with Crippen molar-refractivity contribution in [3.05, 3.63) is 18.0 Å². The molecule has 1 heterocycles. The number of rotatable bonds is 6. The van der Waals surface area contributed by atoms with Crippen LogP contribution in [0.3, 0.4) is 0 Å². The maximum Gasteiger partial charge on any atom is 0.354 e. The molecule has 1 rings (SSSR count). The number of hydrogen-bond acceptors (Lipinski definition) is 5. The van der Waals surface area contributed by atoms with Gasteiger partial charge in [0, 0.05) is 35.0 Å². The molecular weight excluding hydrogens is 242 g/mol. The first-order valence-corrected chi connectivity index (χ1v) is 6.84. The van der Waals surface area contributed by atoms with Crippen LogP contribution in [-0.2, 0) is 10.8 Å². The van der Waals surface area contributed by atoms with Crippen molar-refractivity contribution in [2.24, 2.45) is 0 Å². The molecule has 0 aromatic carbocycles. The number of carboxylic acids is 1. The van der Waals surface area contributed by atoms with E-state index in [0.717, 1.165) is 0 Å². The molecule has 0 spiro atoms. The maximum absolute atomic E-state index is 10.9. The average molecular weight is 257 g/mol. The maximum atomic E-state index is 10.9. The van der Waals surface area contributed by atoms with Crippen molar-refractivity contribution in [1.29, 1.82) is 0 Å². The standard InChI is InChI=1S/C10H15N3O3S/c1-7(4-6-17(2)16)12-10-11-5-3-8(13-10)9(14)15/h3,5,7H,4,6H2,1-2H3,(H,14,15)(H,11,12,13). The molecular formula is C10H15N3O3S. The van der Waals surface area contributed by atoms with Crippen LogP contribution in [0, 0.1) is 0 Å². The van der Waals surface area contributed by atoms with Gasteiger partial charge in [-0.2, -0.15) is 0 Å². The van der Waals surface area contributed by atoms with Crippen LogP contribution < -0.4 is 5.32 Å². The summed E-state index contributed by atoms with van der Waals surface area (Å²) < 4.78 is 10.9. The van der Waals surface area contributed by atoms with Crippen molar-refractivity contribution in [3.63, 3.8) is 0 Å². The van der Waals surface area contributed by atoms with Gasteiger partial charge in [0.25, 0.3) is 0 Å². The number of anilines is 1. The first-order chi connectivity index (χ1) is 7.99. The average Bonchev–Trinajstić information content (AvgIpc) is 2.26. The third-order valence-corrected chi connectivity index (χ3v) is 2.90. The number of carbonyl (C=O) groups is 1. The molecule has 0 saturated heterocycles. The van der Waals surface area contributed by atoms with E-state index in [1.807, 2.05) is 6.92 Å². The first-order valence-electron chi connectivity index (χ1n) is 5.12. The molecule has 0 aliphatic carbocycles. The van der Waals surface area contributed by atoms with Crippen LogP contribution in [0.1, 0.15) is 23.8 Å². The summed E-state index contributed by atoms with van der Waals surface area (Å²) in [4.78, 5) is 18.5. The van der Waals surface area contributed by atoms with E-state index in [0.29, 0.717) is 12.2 Å². The van der Waals surface area contributed by atoms with Crippen molar-refractivity contribution < 1.29 is 14.1 Å². The topological polar surface area (TPSA) is 92.2 Å². The van der Waals surface area contributed by atoms with E-state index in [-0.39, 0.29) is 17.7 Å². The van der Waals surface area contributed by atoms with Gasteiger partial charge in [-0.3, -0.25) is 4.21 Å². The Morgan fingerprint density at radius 3 is 2.94 bits per heavy atom. The molecule has 2 unspecified atom stereocenters. The van der Waals surface area contributed by atoms with Gasteiger partial charge >= 0.3 is 5.97 Å². The van der Waals surface area contributed by atoms with Gasteiger partial charge in [0.15, 0.2) is 5.69 Å². The molecule has 7 heteroatoms. The second kappa shape index (κ2) is 6.29. The van der Waals surface area contributed by atoms with Crippen molar-refractivity contribution in [1.82, 2.24) is 9.97 Å². The van der Waals surface area contributed by atoms with Crippen LogP contribution in [0.25, 0.3) is 0 Å². The third kappa shape index (κ3) is 4.90. The van der Waals surface area contributed by atoms with E-state index >= 15 is 0 Å². The highest BCUT2D eigenvalue weighted by atomic mass is 32.2. The number of nitrogens with one attached hydrogen (secondary N) is 1. The zero-order valence-electron chi connectivity index (χ0n) is 9.71. The lowest BCUT2D eigenvalue weighted by atomic mass is 10.3. The lowest BCUT2D eigenvalue weighted by Gasteiger charge is -2.12. The Labute approximate surface area is 102 Å². The van der Waals surface area contributed by atoms with E-state index in [1.165, 1.54) is 12.3 Å². The van der Waals surface area contributed by atoms with Gasteiger partial charge in [0.05, 0.1) is 0 Å². The van der Waals surface area contributed by atoms with Crippen LogP contribution in [0.4, 0.5) is 5.95 Å². The Morgan fingerprint density at radius 1 is 1.65 bits per heavy atom. The second-order valence-corrected chi connectivity index (χ2v) is 5.24. The number of aromatic carboxylic acids is 1. The summed E-state index contributed by atoms with van der Waals surface area (Å²) in [6, 6.07) is 1.38. The minimum atomic E-state index is -1.09. The second-order valence-electron chi connectivity index (χ2n) is 3.68. The molecule has 6 nitrogen and oxygen atoms in total. The Hall–Kier alpha value is -1.50. The SMILES string of the molecule is CC(CCS(C)=O)Nc1nccc(C(=O)O)n1. The molecule has 2 atom stereocenters. The van der Waals surface area contributed by atoms with Gasteiger partial charge in [-0.15, -0.1) is 0 Å². The van der Waals surface area contributed by atoms with Gasteiger partial charge in [-0.25, -0.2) is 14.8 Å². The monoisotopic (exact) mass is 257 g/mol. The highest BCUT2D eigenvalue weighted by Gasteiger charge is 2.08. The van der Waals surface area contributed by atoms with E-state index < -0.39 is 16.8 Å². The lowest BCUT2D eigenvalue weighted by molar-refractivity contribution is 0.0690. The van der Waals surface area contributed by atoms with E-state index in [2.05, 4.69) is 15.3 Å². The van der Waals surface area contributed by atoms with Crippen LogP contribution >= 0.6 is 0 Å². The fraction of sp³-hybridized carbons (Fsp3) is 0.500. The van der Waals surface area contributed by atoms with E-state index in [4.69, 9.17) is 5.11 Å². The molecule has 17 heavy (non-hydrogen) atoms. The molecule has 0 bridgehead atoms.